The van der Waals surface area contributed by atoms with Crippen LogP contribution in [0, 0.1) is 0 Å². The molecule has 0 aromatic heterocycles. The molecule has 92 valence electrons. The predicted molar refractivity (Wildman–Crippen MR) is 57.5 cm³/mol. The first-order valence-corrected chi connectivity index (χ1v) is 2.99. The van der Waals surface area contributed by atoms with Gasteiger partial charge in [-0.1, -0.05) is 7.43 Å². The lowest BCUT2D eigenvalue weighted by Gasteiger charge is -1.96. The molecule has 0 bridgehead atoms. The van der Waals surface area contributed by atoms with Crippen LogP contribution >= 0.6 is 13.5 Å². The first kappa shape index (κ1) is 12.2. The molecule has 0 unspecified atom stereocenters. The van der Waals surface area contributed by atoms with Crippen molar-refractivity contribution >= 4 is 13.5 Å². The van der Waals surface area contributed by atoms with E-state index in [1.54, 1.807) is 0 Å². The number of hydrogen-bond acceptors (Lipinski definition) is 6. The van der Waals surface area contributed by atoms with E-state index < -0.39 is 38.5 Å². The average molecular weight is 242 g/mol. The molecule has 2 atom stereocenters. The summed E-state index contributed by atoms with van der Waals surface area (Å²) in [5.74, 6) is 0. The molecule has 0 amide bonds. The molecule has 7 heteroatoms. The minimum atomic E-state index is -2.69. The maximum atomic E-state index is 8.32. The van der Waals surface area contributed by atoms with Crippen molar-refractivity contribution in [3.05, 3.63) is 0 Å². The molecule has 0 aliphatic heterocycles. The molecule has 0 aliphatic carbocycles. The van der Waals surface area contributed by atoms with Gasteiger partial charge in [-0.2, -0.15) is 13.5 Å². The van der Waals surface area contributed by atoms with Gasteiger partial charge >= 0.3 is 0 Å². The Balaban J connectivity index is -0.0000000980. The van der Waals surface area contributed by atoms with Crippen LogP contribution in [0.3, 0.4) is 0 Å². The van der Waals surface area contributed by atoms with Gasteiger partial charge in [0.05, 0.1) is 31.8 Å². The summed E-state index contributed by atoms with van der Waals surface area (Å²) in [6, 6.07) is 0. The number of aliphatic hydroxyl groups excluding tert-OH is 4. The van der Waals surface area contributed by atoms with E-state index in [2.05, 4.69) is 0 Å². The fraction of sp³-hybridized carbons (Fsp3) is 1.00. The molecule has 0 saturated carbocycles. The molecular weight excluding hydrogens is 216 g/mol. The summed E-state index contributed by atoms with van der Waals surface area (Å²) in [5.41, 5.74) is 0. The van der Waals surface area contributed by atoms with Gasteiger partial charge in [0.15, 0.2) is 0 Å². The summed E-state index contributed by atoms with van der Waals surface area (Å²) in [4.78, 5) is 0. The maximum Gasteiger partial charge on any atom is 0.100 e. The number of hydrogen-bond donors (Lipinski definition) is 6. The van der Waals surface area contributed by atoms with Gasteiger partial charge < -0.3 is 30.6 Å². The molecule has 0 spiro atoms. The smallest absolute Gasteiger partial charge is 0.100 e. The van der Waals surface area contributed by atoms with E-state index in [1.807, 2.05) is 0 Å². The van der Waals surface area contributed by atoms with E-state index in [0.717, 1.165) is 0 Å². The zero-order chi connectivity index (χ0) is 13.6. The molecule has 6 N–H and O–H groups in total. The zero-order valence-electron chi connectivity index (χ0n) is 10.8. The van der Waals surface area contributed by atoms with Crippen LogP contribution in [0.15, 0.2) is 0 Å². The molecule has 14 heavy (non-hydrogen) atoms. The Bertz CT molecular complexity index is 166. The van der Waals surface area contributed by atoms with Crippen molar-refractivity contribution in [1.82, 2.24) is 0 Å². The van der Waals surface area contributed by atoms with Crippen LogP contribution in [-0.4, -0.2) is 69.2 Å². The molecule has 0 rings (SSSR count). The minimum absolute atomic E-state index is 0. The lowest BCUT2D eigenvalue weighted by atomic mass is 11.0. The van der Waals surface area contributed by atoms with Crippen molar-refractivity contribution in [2.45, 2.75) is 19.6 Å². The Kier molecular flexibility index (Phi) is 16.4. The first-order valence-electron chi connectivity index (χ1n) is 4.99. The third-order valence-corrected chi connectivity index (χ3v) is 0.644. The molecule has 0 aromatic rings. The van der Waals surface area contributed by atoms with Crippen LogP contribution in [0.5, 0.6) is 0 Å². The Morgan fingerprint density at radius 1 is 0.857 bits per heavy atom. The normalized spacial score (nSPS) is 18.7. The highest BCUT2D eigenvalue weighted by atomic mass is 32.1. The SMILES string of the molecule is C.S.[2H]C([2H])(O)[13C@@H](O)[13CH2]O.[2H]C([2H])(O)[13C@H](O)[13CH2]O. The summed E-state index contributed by atoms with van der Waals surface area (Å²) >= 11 is 0. The molecular formula is C7H22O6S. The van der Waals surface area contributed by atoms with Gasteiger partial charge in [0.1, 0.15) is 12.2 Å². The highest BCUT2D eigenvalue weighted by molar-refractivity contribution is 7.59. The van der Waals surface area contributed by atoms with Gasteiger partial charge in [0.25, 0.3) is 0 Å². The van der Waals surface area contributed by atoms with Gasteiger partial charge in [-0.3, -0.25) is 0 Å². The van der Waals surface area contributed by atoms with Crippen molar-refractivity contribution in [1.29, 1.82) is 0 Å². The van der Waals surface area contributed by atoms with Gasteiger partial charge in [0, 0.05) is 0 Å². The van der Waals surface area contributed by atoms with Gasteiger partial charge in [0.2, 0.25) is 0 Å². The number of rotatable bonds is 4. The first-order chi connectivity index (χ1) is 6.96. The molecule has 0 fully saturated rings. The van der Waals surface area contributed by atoms with Crippen molar-refractivity contribution in [2.24, 2.45) is 0 Å². The minimum Gasteiger partial charge on any atom is -0.394 e. The van der Waals surface area contributed by atoms with E-state index in [4.69, 9.17) is 36.1 Å². The Hall–Kier alpha value is 0.110. The molecule has 0 radical (unpaired) electrons. The van der Waals surface area contributed by atoms with Crippen molar-refractivity contribution in [3.8, 4) is 0 Å². The van der Waals surface area contributed by atoms with E-state index in [1.165, 1.54) is 0 Å². The Morgan fingerprint density at radius 3 is 1.07 bits per heavy atom. The number of aliphatic hydroxyl groups is 6. The maximum absolute atomic E-state index is 8.32. The Labute approximate surface area is 96.5 Å². The third-order valence-electron chi connectivity index (χ3n) is 0.644. The van der Waals surface area contributed by atoms with E-state index >= 15 is 0 Å². The second-order valence-corrected chi connectivity index (χ2v) is 1.65. The zero-order valence-corrected chi connectivity index (χ0v) is 7.75. The van der Waals surface area contributed by atoms with Crippen molar-refractivity contribution in [2.75, 3.05) is 26.3 Å². The van der Waals surface area contributed by atoms with Crippen LogP contribution in [0.25, 0.3) is 0 Å². The highest BCUT2D eigenvalue weighted by Gasteiger charge is 1.94. The second-order valence-electron chi connectivity index (χ2n) is 1.65. The van der Waals surface area contributed by atoms with Gasteiger partial charge in [-0.25, -0.2) is 0 Å². The topological polar surface area (TPSA) is 121 Å². The molecule has 6 nitrogen and oxygen atoms in total. The summed E-state index contributed by atoms with van der Waals surface area (Å²) < 4.78 is 25.4. The van der Waals surface area contributed by atoms with Crippen LogP contribution in [0.2, 0.25) is 0 Å². The highest BCUT2D eigenvalue weighted by Crippen LogP contribution is 1.72. The van der Waals surface area contributed by atoms with Crippen molar-refractivity contribution < 1.29 is 36.1 Å². The molecule has 0 aliphatic rings. The van der Waals surface area contributed by atoms with Crippen LogP contribution in [0.4, 0.5) is 0 Å². The Morgan fingerprint density at radius 2 is 1.07 bits per heavy atom. The molecule has 0 saturated heterocycles. The monoisotopic (exact) mass is 242 g/mol. The summed E-state index contributed by atoms with van der Waals surface area (Å²) in [7, 11) is 0. The summed E-state index contributed by atoms with van der Waals surface area (Å²) in [6.07, 6.45) is -3.41. The van der Waals surface area contributed by atoms with E-state index in [0.29, 0.717) is 0 Å². The van der Waals surface area contributed by atoms with Gasteiger partial charge in [-0.05, 0) is 0 Å². The van der Waals surface area contributed by atoms with E-state index in [-0.39, 0.29) is 20.9 Å². The third kappa shape index (κ3) is 22.7. The standard InChI is InChI=1S/2C3H8O3.CH4.H2S/c2*4-1-3(6)2-5;;/h2*3-6H,1-2H2;1H4;1H2/i2*1D2,2+1,3+1;;/t2*3-;;/m10../s1. The fourth-order valence-corrected chi connectivity index (χ4v) is 0.0816. The lowest BCUT2D eigenvalue weighted by Crippen LogP contribution is -2.15. The van der Waals surface area contributed by atoms with Gasteiger partial charge in [-0.15, -0.1) is 0 Å². The second kappa shape index (κ2) is 18.8. The largest absolute Gasteiger partial charge is 0.394 e. The summed E-state index contributed by atoms with van der Waals surface area (Å²) in [6.45, 7) is -6.92. The van der Waals surface area contributed by atoms with Crippen molar-refractivity contribution in [3.63, 3.8) is 0 Å². The summed E-state index contributed by atoms with van der Waals surface area (Å²) in [5, 5.41) is 49.1. The molecule has 0 aromatic carbocycles. The predicted octanol–water partition coefficient (Wildman–Crippen LogP) is -2.59. The van der Waals surface area contributed by atoms with Crippen LogP contribution in [-0.2, 0) is 0 Å². The fourth-order valence-electron chi connectivity index (χ4n) is 0.0816. The van der Waals surface area contributed by atoms with E-state index in [9.17, 15) is 0 Å². The lowest BCUT2D eigenvalue weighted by molar-refractivity contribution is 0.0450. The molecule has 0 heterocycles. The quantitative estimate of drug-likeness (QED) is 0.301. The average Bonchev–Trinajstić information content (AvgIpc) is 2.13. The van der Waals surface area contributed by atoms with Crippen LogP contribution < -0.4 is 0 Å². The van der Waals surface area contributed by atoms with Crippen LogP contribution in [0.1, 0.15) is 12.9 Å².